The summed E-state index contributed by atoms with van der Waals surface area (Å²) < 4.78 is 7.21. The van der Waals surface area contributed by atoms with Gasteiger partial charge in [0.15, 0.2) is 4.80 Å². The Hall–Kier alpha value is -2.74. The van der Waals surface area contributed by atoms with Crippen molar-refractivity contribution in [2.24, 2.45) is 4.99 Å². The number of rotatable bonds is 4. The largest absolute Gasteiger partial charge is 0.378 e. The van der Waals surface area contributed by atoms with Crippen LogP contribution in [0.25, 0.3) is 0 Å². The van der Waals surface area contributed by atoms with Crippen LogP contribution in [0.1, 0.15) is 26.3 Å². The predicted octanol–water partition coefficient (Wildman–Crippen LogP) is 3.46. The highest BCUT2D eigenvalue weighted by Crippen LogP contribution is 2.12. The molecule has 1 saturated heterocycles. The molecule has 2 amide bonds. The number of carbonyl (C=O) groups is 2. The lowest BCUT2D eigenvalue weighted by Crippen LogP contribution is -2.40. The van der Waals surface area contributed by atoms with Crippen LogP contribution in [0.2, 0.25) is 5.02 Å². The highest BCUT2D eigenvalue weighted by molar-refractivity contribution is 7.07. The summed E-state index contributed by atoms with van der Waals surface area (Å²) in [7, 11) is 0. The van der Waals surface area contributed by atoms with Gasteiger partial charge < -0.3 is 14.2 Å². The number of carbonyl (C=O) groups excluding carboxylic acids is 2. The molecule has 6 nitrogen and oxygen atoms in total. The lowest BCUT2D eigenvalue weighted by molar-refractivity contribution is 0.0303. The minimum atomic E-state index is -0.333. The van der Waals surface area contributed by atoms with Gasteiger partial charge in [0.05, 0.1) is 13.2 Å². The molecule has 30 heavy (non-hydrogen) atoms. The van der Waals surface area contributed by atoms with E-state index in [0.717, 1.165) is 5.56 Å². The van der Waals surface area contributed by atoms with E-state index in [0.29, 0.717) is 53.8 Å². The summed E-state index contributed by atoms with van der Waals surface area (Å²) in [5.74, 6) is -0.309. The molecule has 0 radical (unpaired) electrons. The van der Waals surface area contributed by atoms with Crippen LogP contribution >= 0.6 is 22.9 Å². The van der Waals surface area contributed by atoms with Crippen LogP contribution in [0.3, 0.4) is 0 Å². The molecule has 154 valence electrons. The van der Waals surface area contributed by atoms with Crippen LogP contribution in [0.15, 0.2) is 65.1 Å². The number of hydrogen-bond acceptors (Lipinski definition) is 4. The van der Waals surface area contributed by atoms with Gasteiger partial charge in [0, 0.05) is 47.4 Å². The van der Waals surface area contributed by atoms with E-state index in [4.69, 9.17) is 16.3 Å². The highest BCUT2D eigenvalue weighted by Gasteiger charge is 2.18. The van der Waals surface area contributed by atoms with Gasteiger partial charge in [-0.05, 0) is 35.9 Å². The first-order chi connectivity index (χ1) is 14.6. The number of morpholine rings is 1. The van der Waals surface area contributed by atoms with E-state index in [1.165, 1.54) is 11.3 Å². The Kier molecular flexibility index (Phi) is 6.42. The zero-order chi connectivity index (χ0) is 20.9. The quantitative estimate of drug-likeness (QED) is 0.622. The highest BCUT2D eigenvalue weighted by atomic mass is 35.5. The van der Waals surface area contributed by atoms with E-state index in [1.54, 1.807) is 24.3 Å². The van der Waals surface area contributed by atoms with Gasteiger partial charge in [0.25, 0.3) is 11.8 Å². The summed E-state index contributed by atoms with van der Waals surface area (Å²) in [5, 5.41) is 2.39. The van der Waals surface area contributed by atoms with E-state index in [9.17, 15) is 9.59 Å². The molecule has 0 atom stereocenters. The Bertz CT molecular complexity index is 1110. The monoisotopic (exact) mass is 441 g/mol. The first-order valence-corrected chi connectivity index (χ1v) is 10.8. The van der Waals surface area contributed by atoms with Crippen molar-refractivity contribution in [3.63, 3.8) is 0 Å². The van der Waals surface area contributed by atoms with E-state index in [-0.39, 0.29) is 11.8 Å². The van der Waals surface area contributed by atoms with E-state index < -0.39 is 0 Å². The maximum Gasteiger partial charge on any atom is 0.279 e. The van der Waals surface area contributed by atoms with Crippen molar-refractivity contribution in [3.8, 4) is 0 Å². The first-order valence-electron chi connectivity index (χ1n) is 9.55. The minimum Gasteiger partial charge on any atom is -0.378 e. The van der Waals surface area contributed by atoms with Crippen molar-refractivity contribution in [2.75, 3.05) is 26.3 Å². The molecule has 1 aromatic heterocycles. The van der Waals surface area contributed by atoms with Crippen molar-refractivity contribution in [2.45, 2.75) is 6.54 Å². The van der Waals surface area contributed by atoms with Crippen LogP contribution in [0, 0.1) is 0 Å². The molecule has 1 aliphatic rings. The Labute approximate surface area is 183 Å². The average molecular weight is 442 g/mol. The molecule has 0 spiro atoms. The molecule has 0 N–H and O–H groups in total. The molecule has 2 aromatic carbocycles. The number of hydrogen-bond donors (Lipinski definition) is 0. The van der Waals surface area contributed by atoms with Gasteiger partial charge in [-0.25, -0.2) is 0 Å². The number of halogens is 1. The van der Waals surface area contributed by atoms with Crippen LogP contribution < -0.4 is 4.80 Å². The second-order valence-electron chi connectivity index (χ2n) is 6.84. The molecule has 1 aliphatic heterocycles. The molecule has 3 aromatic rings. The molecule has 0 unspecified atom stereocenters. The Morgan fingerprint density at radius 3 is 2.57 bits per heavy atom. The molecule has 0 aliphatic carbocycles. The topological polar surface area (TPSA) is 63.9 Å². The number of nitrogens with zero attached hydrogens (tertiary/aromatic N) is 3. The van der Waals surface area contributed by atoms with Crippen molar-refractivity contribution in [1.29, 1.82) is 0 Å². The lowest BCUT2D eigenvalue weighted by atomic mass is 10.1. The minimum absolute atomic E-state index is 0.0239. The van der Waals surface area contributed by atoms with Gasteiger partial charge in [0.1, 0.15) is 0 Å². The molecular weight excluding hydrogens is 422 g/mol. The summed E-state index contributed by atoms with van der Waals surface area (Å²) in [5.41, 5.74) is 2.13. The molecule has 0 saturated carbocycles. The van der Waals surface area contributed by atoms with Gasteiger partial charge >= 0.3 is 0 Å². The third kappa shape index (κ3) is 4.87. The van der Waals surface area contributed by atoms with Crippen molar-refractivity contribution < 1.29 is 14.3 Å². The first kappa shape index (κ1) is 20.5. The van der Waals surface area contributed by atoms with Crippen LogP contribution in [0.4, 0.5) is 0 Å². The summed E-state index contributed by atoms with van der Waals surface area (Å²) in [4.78, 5) is 31.7. The predicted molar refractivity (Wildman–Crippen MR) is 116 cm³/mol. The maximum atomic E-state index is 12.6. The normalized spacial score (nSPS) is 14.7. The maximum absolute atomic E-state index is 12.6. The number of thiazole rings is 1. The molecule has 0 bridgehead atoms. The smallest absolute Gasteiger partial charge is 0.279 e. The fraction of sp³-hybridized carbons (Fsp3) is 0.227. The second-order valence-corrected chi connectivity index (χ2v) is 8.15. The van der Waals surface area contributed by atoms with Crippen molar-refractivity contribution >= 4 is 34.8 Å². The Balaban J connectivity index is 1.48. The fourth-order valence-corrected chi connectivity index (χ4v) is 4.09. The number of ether oxygens (including phenoxy) is 1. The fourth-order valence-electron chi connectivity index (χ4n) is 3.18. The summed E-state index contributed by atoms with van der Waals surface area (Å²) >= 11 is 7.36. The Morgan fingerprint density at radius 2 is 1.83 bits per heavy atom. The number of benzene rings is 2. The Morgan fingerprint density at radius 1 is 1.07 bits per heavy atom. The molecule has 2 heterocycles. The van der Waals surface area contributed by atoms with Crippen molar-refractivity contribution in [3.05, 3.63) is 86.6 Å². The van der Waals surface area contributed by atoms with E-state index >= 15 is 0 Å². The SMILES string of the molecule is O=C(N=c1sccn1Cc1ccc(C(=O)N2CCOCC2)cc1)c1cccc(Cl)c1. The van der Waals surface area contributed by atoms with Gasteiger partial charge in [-0.15, -0.1) is 11.3 Å². The molecule has 4 rings (SSSR count). The number of amides is 2. The van der Waals surface area contributed by atoms with Gasteiger partial charge in [-0.2, -0.15) is 4.99 Å². The summed E-state index contributed by atoms with van der Waals surface area (Å²) in [6.07, 6.45) is 1.89. The van der Waals surface area contributed by atoms with E-state index in [1.807, 2.05) is 45.3 Å². The molecule has 1 fully saturated rings. The van der Waals surface area contributed by atoms with Gasteiger partial charge in [-0.3, -0.25) is 9.59 Å². The van der Waals surface area contributed by atoms with Crippen molar-refractivity contribution in [1.82, 2.24) is 9.47 Å². The summed E-state index contributed by atoms with van der Waals surface area (Å²) in [6.45, 7) is 2.96. The third-order valence-electron chi connectivity index (χ3n) is 4.78. The number of aromatic nitrogens is 1. The molecular formula is C22H20ClN3O3S. The molecule has 8 heteroatoms. The zero-order valence-electron chi connectivity index (χ0n) is 16.2. The van der Waals surface area contributed by atoms with Crippen LogP contribution in [-0.4, -0.2) is 47.6 Å². The van der Waals surface area contributed by atoms with Gasteiger partial charge in [-0.1, -0.05) is 29.8 Å². The van der Waals surface area contributed by atoms with Gasteiger partial charge in [0.2, 0.25) is 0 Å². The van der Waals surface area contributed by atoms with Crippen LogP contribution in [0.5, 0.6) is 0 Å². The van der Waals surface area contributed by atoms with Crippen LogP contribution in [-0.2, 0) is 11.3 Å². The standard InChI is InChI=1S/C22H20ClN3O3S/c23-19-3-1-2-18(14-19)20(27)24-22-26(10-13-30-22)15-16-4-6-17(7-5-16)21(28)25-8-11-29-12-9-25/h1-7,10,13-14H,8-9,11-12,15H2. The zero-order valence-corrected chi connectivity index (χ0v) is 17.7. The van der Waals surface area contributed by atoms with E-state index in [2.05, 4.69) is 4.99 Å². The second kappa shape index (κ2) is 9.38. The average Bonchev–Trinajstić information content (AvgIpc) is 3.21. The summed E-state index contributed by atoms with van der Waals surface area (Å²) in [6, 6.07) is 14.3. The third-order valence-corrected chi connectivity index (χ3v) is 5.81. The lowest BCUT2D eigenvalue weighted by Gasteiger charge is -2.26.